The number of nitrogens with one attached hydrogen (secondary N) is 2. The summed E-state index contributed by atoms with van der Waals surface area (Å²) in [7, 11) is 1.92. The van der Waals surface area contributed by atoms with Gasteiger partial charge in [0.05, 0.1) is 0 Å². The average Bonchev–Trinajstić information content (AvgIpc) is 2.43. The summed E-state index contributed by atoms with van der Waals surface area (Å²) in [6.07, 6.45) is 3.74. The lowest BCUT2D eigenvalue weighted by molar-refractivity contribution is 0.817. The molecule has 0 aliphatic heterocycles. The predicted molar refractivity (Wildman–Crippen MR) is 79.4 cm³/mol. The van der Waals surface area contributed by atoms with Gasteiger partial charge in [0.2, 0.25) is 5.95 Å². The second-order valence-corrected chi connectivity index (χ2v) is 4.64. The van der Waals surface area contributed by atoms with E-state index in [0.717, 1.165) is 18.7 Å². The number of likely N-dealkylation sites (N-methyl/N-ethyl adjacent to an activating group) is 1. The Hall–Kier alpha value is -1.94. The normalized spacial score (nSPS) is 10.5. The van der Waals surface area contributed by atoms with Gasteiger partial charge in [-0.15, -0.1) is 0 Å². The molecule has 0 fully saturated rings. The molecule has 0 aliphatic rings. The van der Waals surface area contributed by atoms with E-state index in [1.807, 2.05) is 19.4 Å². The van der Waals surface area contributed by atoms with Gasteiger partial charge in [-0.1, -0.05) is 23.8 Å². The lowest BCUT2D eigenvalue weighted by Crippen LogP contribution is -2.18. The van der Waals surface area contributed by atoms with Gasteiger partial charge in [0.15, 0.2) is 0 Å². The second kappa shape index (κ2) is 6.29. The molecular weight excluding hydrogens is 236 g/mol. The van der Waals surface area contributed by atoms with Gasteiger partial charge in [-0.25, -0.2) is 9.97 Å². The van der Waals surface area contributed by atoms with Crippen molar-refractivity contribution in [1.29, 1.82) is 0 Å². The summed E-state index contributed by atoms with van der Waals surface area (Å²) in [6.45, 7) is 5.91. The minimum Gasteiger partial charge on any atom is -0.353 e. The molecule has 4 nitrogen and oxygen atoms in total. The van der Waals surface area contributed by atoms with Crippen molar-refractivity contribution < 1.29 is 0 Å². The number of hydrogen-bond acceptors (Lipinski definition) is 4. The number of benzene rings is 1. The fourth-order valence-electron chi connectivity index (χ4n) is 1.90. The van der Waals surface area contributed by atoms with Crippen LogP contribution in [0.2, 0.25) is 0 Å². The van der Waals surface area contributed by atoms with Crippen LogP contribution in [0.1, 0.15) is 11.1 Å². The average molecular weight is 256 g/mol. The molecule has 0 unspecified atom stereocenters. The van der Waals surface area contributed by atoms with Gasteiger partial charge in [-0.2, -0.15) is 0 Å². The molecule has 0 saturated carbocycles. The highest BCUT2D eigenvalue weighted by Gasteiger charge is 2.04. The molecule has 100 valence electrons. The minimum absolute atomic E-state index is 0.671. The number of nitrogens with zero attached hydrogens (tertiary/aromatic N) is 2. The molecule has 2 rings (SSSR count). The van der Waals surface area contributed by atoms with E-state index in [2.05, 4.69) is 52.6 Å². The summed E-state index contributed by atoms with van der Waals surface area (Å²) in [5.74, 6) is 0.671. The largest absolute Gasteiger partial charge is 0.353 e. The highest BCUT2D eigenvalue weighted by molar-refractivity contribution is 5.66. The van der Waals surface area contributed by atoms with E-state index in [9.17, 15) is 0 Å². The molecule has 0 bridgehead atoms. The van der Waals surface area contributed by atoms with Crippen molar-refractivity contribution in [2.45, 2.75) is 13.8 Å². The van der Waals surface area contributed by atoms with Gasteiger partial charge < -0.3 is 10.6 Å². The van der Waals surface area contributed by atoms with E-state index in [1.54, 1.807) is 0 Å². The maximum absolute atomic E-state index is 4.35. The third-order valence-electron chi connectivity index (χ3n) is 3.01. The van der Waals surface area contributed by atoms with E-state index >= 15 is 0 Å². The standard InChI is InChI=1S/C15H20N4/c1-11-4-5-12(2)14(8-11)13-9-18-15(19-10-13)17-7-6-16-3/h4-5,8-10,16H,6-7H2,1-3H3,(H,17,18,19). The number of hydrogen-bond donors (Lipinski definition) is 2. The first-order chi connectivity index (χ1) is 9.20. The van der Waals surface area contributed by atoms with Gasteiger partial charge in [-0.3, -0.25) is 0 Å². The van der Waals surface area contributed by atoms with E-state index < -0.39 is 0 Å². The van der Waals surface area contributed by atoms with Crippen LogP contribution in [0, 0.1) is 13.8 Å². The molecule has 0 amide bonds. The Balaban J connectivity index is 2.15. The summed E-state index contributed by atoms with van der Waals surface area (Å²) >= 11 is 0. The zero-order chi connectivity index (χ0) is 13.7. The SMILES string of the molecule is CNCCNc1ncc(-c2cc(C)ccc2C)cn1. The Labute approximate surface area is 114 Å². The van der Waals surface area contributed by atoms with Crippen LogP contribution in [0.15, 0.2) is 30.6 Å². The highest BCUT2D eigenvalue weighted by Crippen LogP contribution is 2.23. The van der Waals surface area contributed by atoms with Crippen LogP contribution in [0.25, 0.3) is 11.1 Å². The molecule has 19 heavy (non-hydrogen) atoms. The Morgan fingerprint density at radius 2 is 1.79 bits per heavy atom. The van der Waals surface area contributed by atoms with Crippen molar-refractivity contribution in [2.75, 3.05) is 25.5 Å². The first-order valence-corrected chi connectivity index (χ1v) is 6.49. The summed E-state index contributed by atoms with van der Waals surface area (Å²) in [5.41, 5.74) is 4.74. The minimum atomic E-state index is 0.671. The Kier molecular flexibility index (Phi) is 4.47. The van der Waals surface area contributed by atoms with Crippen LogP contribution in [-0.2, 0) is 0 Å². The van der Waals surface area contributed by atoms with Crippen molar-refractivity contribution in [2.24, 2.45) is 0 Å². The molecule has 1 aromatic carbocycles. The van der Waals surface area contributed by atoms with Crippen molar-refractivity contribution in [3.63, 3.8) is 0 Å². The van der Waals surface area contributed by atoms with Crippen LogP contribution in [0.5, 0.6) is 0 Å². The van der Waals surface area contributed by atoms with Crippen molar-refractivity contribution in [1.82, 2.24) is 15.3 Å². The van der Waals surface area contributed by atoms with Gasteiger partial charge in [0.25, 0.3) is 0 Å². The zero-order valence-electron chi connectivity index (χ0n) is 11.7. The van der Waals surface area contributed by atoms with Gasteiger partial charge in [0.1, 0.15) is 0 Å². The summed E-state index contributed by atoms with van der Waals surface area (Å²) in [6, 6.07) is 6.42. The molecule has 1 aromatic heterocycles. The Morgan fingerprint density at radius 1 is 1.05 bits per heavy atom. The van der Waals surface area contributed by atoms with E-state index in [4.69, 9.17) is 0 Å². The molecule has 2 N–H and O–H groups in total. The number of aromatic nitrogens is 2. The summed E-state index contributed by atoms with van der Waals surface area (Å²) in [5, 5.41) is 6.24. The smallest absolute Gasteiger partial charge is 0.222 e. The van der Waals surface area contributed by atoms with Crippen LogP contribution < -0.4 is 10.6 Å². The molecule has 4 heteroatoms. The molecular formula is C15H20N4. The van der Waals surface area contributed by atoms with Crippen LogP contribution in [0.3, 0.4) is 0 Å². The molecule has 0 spiro atoms. The van der Waals surface area contributed by atoms with Crippen molar-refractivity contribution in [3.8, 4) is 11.1 Å². The first kappa shape index (κ1) is 13.5. The third-order valence-corrected chi connectivity index (χ3v) is 3.01. The van der Waals surface area contributed by atoms with Crippen LogP contribution in [-0.4, -0.2) is 30.1 Å². The highest BCUT2D eigenvalue weighted by atomic mass is 15.1. The number of anilines is 1. The van der Waals surface area contributed by atoms with Gasteiger partial charge >= 0.3 is 0 Å². The van der Waals surface area contributed by atoms with E-state index in [0.29, 0.717) is 5.95 Å². The molecule has 1 heterocycles. The monoisotopic (exact) mass is 256 g/mol. The molecule has 0 aliphatic carbocycles. The van der Waals surface area contributed by atoms with E-state index in [-0.39, 0.29) is 0 Å². The second-order valence-electron chi connectivity index (χ2n) is 4.64. The van der Waals surface area contributed by atoms with Gasteiger partial charge in [-0.05, 0) is 32.0 Å². The lowest BCUT2D eigenvalue weighted by atomic mass is 10.0. The van der Waals surface area contributed by atoms with Gasteiger partial charge in [0, 0.05) is 31.0 Å². The van der Waals surface area contributed by atoms with Crippen molar-refractivity contribution in [3.05, 3.63) is 41.7 Å². The number of rotatable bonds is 5. The Morgan fingerprint density at radius 3 is 2.47 bits per heavy atom. The Bertz CT molecular complexity index is 534. The maximum atomic E-state index is 4.35. The summed E-state index contributed by atoms with van der Waals surface area (Å²) in [4.78, 5) is 8.70. The van der Waals surface area contributed by atoms with Crippen molar-refractivity contribution >= 4 is 5.95 Å². The quantitative estimate of drug-likeness (QED) is 0.807. The predicted octanol–water partition coefficient (Wildman–Crippen LogP) is 2.39. The topological polar surface area (TPSA) is 49.8 Å². The lowest BCUT2D eigenvalue weighted by Gasteiger charge is -2.08. The fourth-order valence-corrected chi connectivity index (χ4v) is 1.90. The molecule has 0 atom stereocenters. The molecule has 0 saturated heterocycles. The molecule has 2 aromatic rings. The molecule has 0 radical (unpaired) electrons. The maximum Gasteiger partial charge on any atom is 0.222 e. The van der Waals surface area contributed by atoms with E-state index in [1.165, 1.54) is 16.7 Å². The third kappa shape index (κ3) is 3.51. The summed E-state index contributed by atoms with van der Waals surface area (Å²) < 4.78 is 0. The first-order valence-electron chi connectivity index (χ1n) is 6.49. The fraction of sp³-hybridized carbons (Fsp3) is 0.333. The number of aryl methyl sites for hydroxylation is 2. The van der Waals surface area contributed by atoms with Crippen LogP contribution >= 0.6 is 0 Å². The van der Waals surface area contributed by atoms with Crippen LogP contribution in [0.4, 0.5) is 5.95 Å². The zero-order valence-corrected chi connectivity index (χ0v) is 11.7.